The van der Waals surface area contributed by atoms with E-state index in [1.807, 2.05) is 0 Å². The van der Waals surface area contributed by atoms with Crippen molar-refractivity contribution in [1.82, 2.24) is 4.90 Å². The van der Waals surface area contributed by atoms with E-state index >= 15 is 0 Å². The van der Waals surface area contributed by atoms with Crippen molar-refractivity contribution in [3.8, 4) is 0 Å². The summed E-state index contributed by atoms with van der Waals surface area (Å²) in [6, 6.07) is 0. The summed E-state index contributed by atoms with van der Waals surface area (Å²) in [4.78, 5) is 23.4. The van der Waals surface area contributed by atoms with Crippen LogP contribution in [0.1, 0.15) is 6.42 Å². The highest BCUT2D eigenvalue weighted by Gasteiger charge is 2.28. The van der Waals surface area contributed by atoms with Gasteiger partial charge in [-0.25, -0.2) is 0 Å². The number of likely N-dealkylation sites (tertiary alicyclic amines) is 1. The zero-order chi connectivity index (χ0) is 9.14. The van der Waals surface area contributed by atoms with Gasteiger partial charge in [0, 0.05) is 13.1 Å². The van der Waals surface area contributed by atoms with E-state index in [-0.39, 0.29) is 23.5 Å². The van der Waals surface area contributed by atoms with Crippen LogP contribution in [0.2, 0.25) is 0 Å². The highest BCUT2D eigenvalue weighted by atomic mass is 32.1. The van der Waals surface area contributed by atoms with Crippen molar-refractivity contribution >= 4 is 24.4 Å². The summed E-state index contributed by atoms with van der Waals surface area (Å²) in [7, 11) is 0. The number of hydrogen-bond acceptors (Lipinski definition) is 3. The second-order valence-corrected chi connectivity index (χ2v) is 3.20. The smallest absolute Gasteiger partial charge is 0.232 e. The van der Waals surface area contributed by atoms with E-state index < -0.39 is 0 Å². The molecular formula is C7H12N2O2S. The predicted molar refractivity (Wildman–Crippen MR) is 47.7 cm³/mol. The summed E-state index contributed by atoms with van der Waals surface area (Å²) in [5.74, 6) is -0.300. The van der Waals surface area contributed by atoms with Crippen LogP contribution in [0.25, 0.3) is 0 Å². The van der Waals surface area contributed by atoms with Crippen molar-refractivity contribution < 1.29 is 9.59 Å². The number of hydrogen-bond donors (Lipinski definition) is 2. The van der Waals surface area contributed by atoms with Crippen LogP contribution in [0.4, 0.5) is 0 Å². The fourth-order valence-corrected chi connectivity index (χ4v) is 1.52. The van der Waals surface area contributed by atoms with E-state index in [0.717, 1.165) is 0 Å². The number of amides is 2. The molecule has 1 rings (SSSR count). The van der Waals surface area contributed by atoms with Crippen molar-refractivity contribution in [1.29, 1.82) is 0 Å². The number of thiol groups is 1. The van der Waals surface area contributed by atoms with Crippen LogP contribution in [0.15, 0.2) is 0 Å². The largest absolute Gasteiger partial charge is 0.369 e. The summed E-state index contributed by atoms with van der Waals surface area (Å²) in [5, 5.41) is 0. The molecule has 5 heteroatoms. The van der Waals surface area contributed by atoms with Crippen LogP contribution in [0, 0.1) is 5.92 Å². The first kappa shape index (κ1) is 9.38. The molecule has 1 unspecified atom stereocenters. The summed E-state index contributed by atoms with van der Waals surface area (Å²) < 4.78 is 0. The normalized spacial score (nSPS) is 22.8. The molecule has 1 fully saturated rings. The standard InChI is InChI=1S/C7H12N2O2S/c8-7(11)5-1-2-9(3-5)6(10)4-12/h5,12H,1-4H2,(H2,8,11). The Labute approximate surface area is 76.5 Å². The van der Waals surface area contributed by atoms with Gasteiger partial charge in [-0.15, -0.1) is 0 Å². The fourth-order valence-electron chi connectivity index (χ4n) is 1.32. The number of nitrogens with two attached hydrogens (primary N) is 1. The first-order chi connectivity index (χ1) is 5.65. The number of carbonyl (C=O) groups excluding carboxylic acids is 2. The van der Waals surface area contributed by atoms with Gasteiger partial charge in [0.1, 0.15) is 0 Å². The molecule has 1 atom stereocenters. The summed E-state index contributed by atoms with van der Waals surface area (Å²) >= 11 is 3.86. The molecule has 0 aromatic rings. The van der Waals surface area contributed by atoms with Crippen molar-refractivity contribution in [3.05, 3.63) is 0 Å². The van der Waals surface area contributed by atoms with Gasteiger partial charge in [-0.05, 0) is 6.42 Å². The Bertz CT molecular complexity index is 208. The third-order valence-corrected chi connectivity index (χ3v) is 2.35. The van der Waals surface area contributed by atoms with Crippen LogP contribution < -0.4 is 5.73 Å². The van der Waals surface area contributed by atoms with Gasteiger partial charge in [0.05, 0.1) is 11.7 Å². The second kappa shape index (κ2) is 3.80. The molecule has 1 aliphatic rings. The number of primary amides is 1. The molecule has 1 aliphatic heterocycles. The van der Waals surface area contributed by atoms with Crippen molar-refractivity contribution in [2.45, 2.75) is 6.42 Å². The minimum Gasteiger partial charge on any atom is -0.369 e. The Kier molecular flexibility index (Phi) is 2.97. The van der Waals surface area contributed by atoms with Crippen molar-refractivity contribution in [2.24, 2.45) is 11.7 Å². The molecule has 68 valence electrons. The molecule has 0 aromatic carbocycles. The van der Waals surface area contributed by atoms with E-state index in [1.54, 1.807) is 4.90 Å². The summed E-state index contributed by atoms with van der Waals surface area (Å²) in [5.41, 5.74) is 5.11. The molecule has 1 saturated heterocycles. The number of rotatable bonds is 2. The lowest BCUT2D eigenvalue weighted by molar-refractivity contribution is -0.127. The molecular weight excluding hydrogens is 176 g/mol. The maximum atomic E-state index is 11.1. The molecule has 2 N–H and O–H groups in total. The second-order valence-electron chi connectivity index (χ2n) is 2.89. The topological polar surface area (TPSA) is 63.4 Å². The molecule has 1 heterocycles. The first-order valence-electron chi connectivity index (χ1n) is 3.83. The SMILES string of the molecule is NC(=O)C1CCN(C(=O)CS)C1. The highest BCUT2D eigenvalue weighted by molar-refractivity contribution is 7.81. The predicted octanol–water partition coefficient (Wildman–Crippen LogP) is -0.750. The van der Waals surface area contributed by atoms with Crippen LogP contribution in [0.5, 0.6) is 0 Å². The van der Waals surface area contributed by atoms with E-state index in [4.69, 9.17) is 5.73 Å². The van der Waals surface area contributed by atoms with Crippen molar-refractivity contribution in [3.63, 3.8) is 0 Å². The Morgan fingerprint density at radius 2 is 2.25 bits per heavy atom. The number of carbonyl (C=O) groups is 2. The van der Waals surface area contributed by atoms with Crippen LogP contribution in [-0.4, -0.2) is 35.6 Å². The lowest BCUT2D eigenvalue weighted by Gasteiger charge is -2.13. The van der Waals surface area contributed by atoms with Crippen LogP contribution in [-0.2, 0) is 9.59 Å². The monoisotopic (exact) mass is 188 g/mol. The fraction of sp³-hybridized carbons (Fsp3) is 0.714. The van der Waals surface area contributed by atoms with Gasteiger partial charge in [-0.1, -0.05) is 0 Å². The molecule has 0 aliphatic carbocycles. The summed E-state index contributed by atoms with van der Waals surface area (Å²) in [6.45, 7) is 1.10. The Morgan fingerprint density at radius 3 is 2.67 bits per heavy atom. The Morgan fingerprint density at radius 1 is 1.58 bits per heavy atom. The zero-order valence-electron chi connectivity index (χ0n) is 6.69. The zero-order valence-corrected chi connectivity index (χ0v) is 7.59. The molecule has 0 spiro atoms. The minimum atomic E-state index is -0.315. The molecule has 4 nitrogen and oxygen atoms in total. The molecule has 0 bridgehead atoms. The molecule has 12 heavy (non-hydrogen) atoms. The maximum absolute atomic E-state index is 11.1. The average molecular weight is 188 g/mol. The molecule has 0 aromatic heterocycles. The molecule has 2 amide bonds. The highest BCUT2D eigenvalue weighted by Crippen LogP contribution is 2.15. The number of nitrogens with zero attached hydrogens (tertiary/aromatic N) is 1. The third kappa shape index (κ3) is 1.91. The quantitative estimate of drug-likeness (QED) is 0.560. The van der Waals surface area contributed by atoms with Gasteiger partial charge >= 0.3 is 0 Å². The summed E-state index contributed by atoms with van der Waals surface area (Å²) in [6.07, 6.45) is 0.689. The minimum absolute atomic E-state index is 0.0258. The maximum Gasteiger partial charge on any atom is 0.232 e. The van der Waals surface area contributed by atoms with Gasteiger partial charge in [-0.3, -0.25) is 9.59 Å². The Hall–Kier alpha value is -0.710. The molecule has 0 radical (unpaired) electrons. The Balaban J connectivity index is 2.45. The first-order valence-corrected chi connectivity index (χ1v) is 4.46. The lowest BCUT2D eigenvalue weighted by atomic mass is 10.1. The van der Waals surface area contributed by atoms with Crippen LogP contribution in [0.3, 0.4) is 0 Å². The van der Waals surface area contributed by atoms with E-state index in [2.05, 4.69) is 12.6 Å². The lowest BCUT2D eigenvalue weighted by Crippen LogP contribution is -2.32. The van der Waals surface area contributed by atoms with Gasteiger partial charge in [0.15, 0.2) is 0 Å². The average Bonchev–Trinajstić information content (AvgIpc) is 2.51. The van der Waals surface area contributed by atoms with Crippen LogP contribution >= 0.6 is 12.6 Å². The van der Waals surface area contributed by atoms with E-state index in [1.165, 1.54) is 0 Å². The van der Waals surface area contributed by atoms with E-state index in [9.17, 15) is 9.59 Å². The van der Waals surface area contributed by atoms with E-state index in [0.29, 0.717) is 19.5 Å². The van der Waals surface area contributed by atoms with Gasteiger partial charge < -0.3 is 10.6 Å². The van der Waals surface area contributed by atoms with Gasteiger partial charge in [0.2, 0.25) is 11.8 Å². The van der Waals surface area contributed by atoms with Gasteiger partial charge in [0.25, 0.3) is 0 Å². The molecule has 0 saturated carbocycles. The third-order valence-electron chi connectivity index (χ3n) is 2.08. The van der Waals surface area contributed by atoms with Crippen molar-refractivity contribution in [2.75, 3.05) is 18.8 Å². The van der Waals surface area contributed by atoms with Gasteiger partial charge in [-0.2, -0.15) is 12.6 Å².